The molecule has 0 spiro atoms. The summed E-state index contributed by atoms with van der Waals surface area (Å²) in [6.45, 7) is 0.422. The maximum atomic E-state index is 12.0. The van der Waals surface area contributed by atoms with Crippen molar-refractivity contribution in [2.45, 2.75) is 4.83 Å². The van der Waals surface area contributed by atoms with Gasteiger partial charge in [-0.1, -0.05) is 57.9 Å². The second-order valence-corrected chi connectivity index (χ2v) is 5.79. The molecule has 2 aromatic rings. The summed E-state index contributed by atoms with van der Waals surface area (Å²) in [5.41, 5.74) is 1.29. The first-order valence-electron chi connectivity index (χ1n) is 6.03. The van der Waals surface area contributed by atoms with Crippen LogP contribution in [0, 0.1) is 0 Å². The molecular weight excluding hydrogens is 342 g/mol. The molecule has 1 amide bonds. The van der Waals surface area contributed by atoms with Gasteiger partial charge in [-0.25, -0.2) is 0 Å². The maximum Gasteiger partial charge on any atom is 0.255 e. The van der Waals surface area contributed by atoms with Crippen LogP contribution < -0.4 is 5.32 Å². The lowest BCUT2D eigenvalue weighted by molar-refractivity contribution is 0.0951. The number of phenolic OH excluding ortho intramolecular Hbond substituents is 1. The first-order chi connectivity index (χ1) is 9.58. The van der Waals surface area contributed by atoms with Crippen LogP contribution in [0.1, 0.15) is 20.7 Å². The summed E-state index contributed by atoms with van der Waals surface area (Å²) in [4.78, 5) is 12.0. The highest BCUT2D eigenvalue weighted by Gasteiger charge is 2.13. The van der Waals surface area contributed by atoms with Gasteiger partial charge in [-0.2, -0.15) is 0 Å². The average Bonchev–Trinajstić information content (AvgIpc) is 2.45. The van der Waals surface area contributed by atoms with Crippen LogP contribution in [0.5, 0.6) is 5.75 Å². The van der Waals surface area contributed by atoms with Crippen molar-refractivity contribution in [3.05, 3.63) is 64.7 Å². The monoisotopic (exact) mass is 353 g/mol. The summed E-state index contributed by atoms with van der Waals surface area (Å²) in [7, 11) is 0. The van der Waals surface area contributed by atoms with E-state index in [0.717, 1.165) is 5.56 Å². The van der Waals surface area contributed by atoms with Crippen molar-refractivity contribution in [1.29, 1.82) is 0 Å². The average molecular weight is 355 g/mol. The fourth-order valence-electron chi connectivity index (χ4n) is 1.75. The van der Waals surface area contributed by atoms with Gasteiger partial charge in [-0.05, 0) is 23.8 Å². The van der Waals surface area contributed by atoms with E-state index in [2.05, 4.69) is 21.2 Å². The molecule has 1 atom stereocenters. The van der Waals surface area contributed by atoms with Crippen LogP contribution >= 0.6 is 27.5 Å². The lowest BCUT2D eigenvalue weighted by Crippen LogP contribution is -2.26. The Labute approximate surface area is 130 Å². The molecule has 0 aliphatic heterocycles. The van der Waals surface area contributed by atoms with Crippen LogP contribution in [0.15, 0.2) is 48.5 Å². The standard InChI is InChI=1S/C15H13BrClNO2/c16-13(10-4-2-1-3-5-10)9-18-15(20)12-7-6-11(17)8-14(12)19/h1-8,13,19H,9H2,(H,18,20). The molecule has 2 rings (SSSR count). The van der Waals surface area contributed by atoms with E-state index in [1.807, 2.05) is 30.3 Å². The third-order valence-electron chi connectivity index (χ3n) is 2.81. The Morgan fingerprint density at radius 1 is 1.25 bits per heavy atom. The van der Waals surface area contributed by atoms with Gasteiger partial charge < -0.3 is 10.4 Å². The van der Waals surface area contributed by atoms with Crippen molar-refractivity contribution < 1.29 is 9.90 Å². The van der Waals surface area contributed by atoms with Crippen molar-refractivity contribution in [1.82, 2.24) is 5.32 Å². The van der Waals surface area contributed by atoms with Crippen LogP contribution in [0.3, 0.4) is 0 Å². The fraction of sp³-hybridized carbons (Fsp3) is 0.133. The van der Waals surface area contributed by atoms with Gasteiger partial charge in [-0.15, -0.1) is 0 Å². The zero-order chi connectivity index (χ0) is 14.5. The summed E-state index contributed by atoms with van der Waals surface area (Å²) < 4.78 is 0. The van der Waals surface area contributed by atoms with Crippen LogP contribution in [0.25, 0.3) is 0 Å². The zero-order valence-corrected chi connectivity index (χ0v) is 12.9. The molecular formula is C15H13BrClNO2. The van der Waals surface area contributed by atoms with Crippen LogP contribution in [-0.4, -0.2) is 17.6 Å². The molecule has 0 aliphatic rings. The fourth-order valence-corrected chi connectivity index (χ4v) is 2.39. The number of aromatic hydroxyl groups is 1. The molecule has 0 aromatic heterocycles. The van der Waals surface area contributed by atoms with Crippen molar-refractivity contribution in [2.75, 3.05) is 6.54 Å². The first kappa shape index (κ1) is 14.9. The highest BCUT2D eigenvalue weighted by atomic mass is 79.9. The molecule has 104 valence electrons. The van der Waals surface area contributed by atoms with Crippen molar-refractivity contribution >= 4 is 33.4 Å². The lowest BCUT2D eigenvalue weighted by atomic mass is 10.1. The number of carbonyl (C=O) groups excluding carboxylic acids is 1. The molecule has 0 saturated carbocycles. The summed E-state index contributed by atoms with van der Waals surface area (Å²) in [5.74, 6) is -0.458. The third kappa shape index (κ3) is 3.74. The number of amides is 1. The Hall–Kier alpha value is -1.52. The van der Waals surface area contributed by atoms with Gasteiger partial charge in [0.2, 0.25) is 0 Å². The van der Waals surface area contributed by atoms with Gasteiger partial charge in [0, 0.05) is 11.6 Å². The van der Waals surface area contributed by atoms with E-state index in [9.17, 15) is 9.90 Å². The SMILES string of the molecule is O=C(NCC(Br)c1ccccc1)c1ccc(Cl)cc1O. The second-order valence-electron chi connectivity index (χ2n) is 4.25. The molecule has 0 fully saturated rings. The Morgan fingerprint density at radius 2 is 1.95 bits per heavy atom. The molecule has 0 saturated heterocycles. The van der Waals surface area contributed by atoms with E-state index in [0.29, 0.717) is 11.6 Å². The number of alkyl halides is 1. The van der Waals surface area contributed by atoms with E-state index >= 15 is 0 Å². The smallest absolute Gasteiger partial charge is 0.255 e. The normalized spacial score (nSPS) is 11.9. The minimum Gasteiger partial charge on any atom is -0.507 e. The Kier molecular flexibility index (Phi) is 5.04. The highest BCUT2D eigenvalue weighted by molar-refractivity contribution is 9.09. The van der Waals surface area contributed by atoms with E-state index in [1.165, 1.54) is 12.1 Å². The summed E-state index contributed by atoms with van der Waals surface area (Å²) in [6, 6.07) is 14.2. The number of benzene rings is 2. The molecule has 5 heteroatoms. The summed E-state index contributed by atoms with van der Waals surface area (Å²) in [6.07, 6.45) is 0. The first-order valence-corrected chi connectivity index (χ1v) is 7.33. The Morgan fingerprint density at radius 3 is 2.60 bits per heavy atom. The zero-order valence-electron chi connectivity index (χ0n) is 10.5. The quantitative estimate of drug-likeness (QED) is 0.818. The highest BCUT2D eigenvalue weighted by Crippen LogP contribution is 2.23. The number of phenols is 1. The minimum absolute atomic E-state index is 0.0158. The van der Waals surface area contributed by atoms with E-state index in [1.54, 1.807) is 6.07 Å². The van der Waals surface area contributed by atoms with E-state index in [4.69, 9.17) is 11.6 Å². The lowest BCUT2D eigenvalue weighted by Gasteiger charge is -2.12. The van der Waals surface area contributed by atoms with Crippen LogP contribution in [0.4, 0.5) is 0 Å². The van der Waals surface area contributed by atoms with Crippen molar-refractivity contribution in [3.8, 4) is 5.75 Å². The number of rotatable bonds is 4. The van der Waals surface area contributed by atoms with Gasteiger partial charge in [0.25, 0.3) is 5.91 Å². The second kappa shape index (κ2) is 6.77. The van der Waals surface area contributed by atoms with Gasteiger partial charge in [-0.3, -0.25) is 4.79 Å². The van der Waals surface area contributed by atoms with Crippen LogP contribution in [-0.2, 0) is 0 Å². The predicted octanol–water partition coefficient (Wildman–Crippen LogP) is 3.91. The molecule has 2 N–H and O–H groups in total. The number of carbonyl (C=O) groups is 1. The van der Waals surface area contributed by atoms with Gasteiger partial charge in [0.1, 0.15) is 5.75 Å². The Balaban J connectivity index is 1.99. The van der Waals surface area contributed by atoms with Crippen LogP contribution in [0.2, 0.25) is 5.02 Å². The molecule has 3 nitrogen and oxygen atoms in total. The molecule has 20 heavy (non-hydrogen) atoms. The van der Waals surface area contributed by atoms with Crippen molar-refractivity contribution in [2.24, 2.45) is 0 Å². The predicted molar refractivity (Wildman–Crippen MR) is 83.6 cm³/mol. The molecule has 0 heterocycles. The van der Waals surface area contributed by atoms with Gasteiger partial charge in [0.05, 0.1) is 10.4 Å². The van der Waals surface area contributed by atoms with E-state index in [-0.39, 0.29) is 22.0 Å². The molecule has 1 unspecified atom stereocenters. The minimum atomic E-state index is -0.334. The molecule has 2 aromatic carbocycles. The molecule has 0 bridgehead atoms. The topological polar surface area (TPSA) is 49.3 Å². The van der Waals surface area contributed by atoms with Gasteiger partial charge >= 0.3 is 0 Å². The summed E-state index contributed by atoms with van der Waals surface area (Å²) in [5, 5.41) is 12.8. The number of halogens is 2. The molecule has 0 radical (unpaired) electrons. The third-order valence-corrected chi connectivity index (χ3v) is 3.90. The number of hydrogen-bond donors (Lipinski definition) is 2. The maximum absolute atomic E-state index is 12.0. The number of hydrogen-bond acceptors (Lipinski definition) is 2. The summed E-state index contributed by atoms with van der Waals surface area (Å²) >= 11 is 9.25. The Bertz CT molecular complexity index is 604. The van der Waals surface area contributed by atoms with E-state index < -0.39 is 0 Å². The molecule has 0 aliphatic carbocycles. The van der Waals surface area contributed by atoms with Crippen molar-refractivity contribution in [3.63, 3.8) is 0 Å². The number of nitrogens with one attached hydrogen (secondary N) is 1. The largest absolute Gasteiger partial charge is 0.507 e. The van der Waals surface area contributed by atoms with Gasteiger partial charge in [0.15, 0.2) is 0 Å².